The first kappa shape index (κ1) is 19.1. The monoisotopic (exact) mass is 371 g/mol. The minimum atomic E-state index is -0.441. The molecule has 0 unspecified atom stereocenters. The second-order valence-electron chi connectivity index (χ2n) is 5.05. The lowest BCUT2D eigenvalue weighted by atomic mass is 10.2. The summed E-state index contributed by atoms with van der Waals surface area (Å²) in [7, 11) is 0. The molecule has 2 aromatic rings. The first-order valence-electron chi connectivity index (χ1n) is 7.72. The molecule has 0 bridgehead atoms. The molecule has 2 aromatic carbocycles. The Kier molecular flexibility index (Phi) is 7.32. The Balaban J connectivity index is 1.79. The molecule has 0 aromatic heterocycles. The summed E-state index contributed by atoms with van der Waals surface area (Å²) < 4.78 is 18.9. The van der Waals surface area contributed by atoms with Crippen LogP contribution < -0.4 is 20.9 Å². The zero-order valence-corrected chi connectivity index (χ0v) is 14.7. The highest BCUT2D eigenvalue weighted by Gasteiger charge is 2.03. The Morgan fingerprint density at radius 3 is 2.58 bits per heavy atom. The molecule has 0 spiro atoms. The van der Waals surface area contributed by atoms with Gasteiger partial charge in [0, 0.05) is 6.08 Å². The second kappa shape index (κ2) is 9.95. The lowest BCUT2D eigenvalue weighted by Gasteiger charge is -2.10. The summed E-state index contributed by atoms with van der Waals surface area (Å²) >= 11 is 4.99. The van der Waals surface area contributed by atoms with Gasteiger partial charge in [-0.05, 0) is 48.1 Å². The van der Waals surface area contributed by atoms with Crippen molar-refractivity contribution in [3.05, 3.63) is 78.6 Å². The first-order valence-corrected chi connectivity index (χ1v) is 8.12. The highest BCUT2D eigenvalue weighted by Crippen LogP contribution is 2.13. The van der Waals surface area contributed by atoms with Crippen molar-refractivity contribution in [2.24, 2.45) is 0 Å². The van der Waals surface area contributed by atoms with Crippen LogP contribution in [0.1, 0.15) is 5.56 Å². The summed E-state index contributed by atoms with van der Waals surface area (Å²) in [5.41, 5.74) is 5.94. The average Bonchev–Trinajstić information content (AvgIpc) is 2.65. The molecule has 26 heavy (non-hydrogen) atoms. The van der Waals surface area contributed by atoms with Crippen molar-refractivity contribution in [1.82, 2.24) is 10.9 Å². The number of hydrogen-bond acceptors (Lipinski definition) is 3. The van der Waals surface area contributed by atoms with Crippen LogP contribution in [-0.2, 0) is 4.79 Å². The number of anilines is 1. The zero-order chi connectivity index (χ0) is 18.8. The van der Waals surface area contributed by atoms with E-state index in [4.69, 9.17) is 17.0 Å². The first-order chi connectivity index (χ1) is 12.6. The summed E-state index contributed by atoms with van der Waals surface area (Å²) in [4.78, 5) is 11.8. The molecule has 0 aliphatic rings. The van der Waals surface area contributed by atoms with Gasteiger partial charge in [0.05, 0.1) is 5.69 Å². The molecule has 0 aliphatic carbocycles. The van der Waals surface area contributed by atoms with Gasteiger partial charge in [-0.3, -0.25) is 15.6 Å². The molecule has 0 fully saturated rings. The Labute approximate surface area is 156 Å². The number of rotatable bonds is 6. The Hall–Kier alpha value is -3.19. The third kappa shape index (κ3) is 6.37. The number of nitrogens with one attached hydrogen (secondary N) is 3. The lowest BCUT2D eigenvalue weighted by Crippen LogP contribution is -2.43. The zero-order valence-electron chi connectivity index (χ0n) is 13.9. The highest BCUT2D eigenvalue weighted by atomic mass is 32.1. The summed E-state index contributed by atoms with van der Waals surface area (Å²) in [6.07, 6.45) is 4.65. The largest absolute Gasteiger partial charge is 0.490 e. The standard InChI is InChI=1S/C19H18FN3O2S/c1-2-13-25-15-10-7-14(8-11-15)9-12-18(24)22-23-19(26)21-17-6-4-3-5-16(17)20/h2-12H,1,13H2,(H,22,24)(H2,21,23,26)/b12-9+. The molecule has 0 atom stereocenters. The molecule has 0 radical (unpaired) electrons. The van der Waals surface area contributed by atoms with Crippen LogP contribution in [0, 0.1) is 5.82 Å². The topological polar surface area (TPSA) is 62.4 Å². The number of carbonyl (C=O) groups is 1. The van der Waals surface area contributed by atoms with Gasteiger partial charge in [-0.25, -0.2) is 4.39 Å². The number of halogens is 1. The van der Waals surface area contributed by atoms with Crippen LogP contribution in [0.15, 0.2) is 67.3 Å². The molecule has 7 heteroatoms. The van der Waals surface area contributed by atoms with Crippen LogP contribution in [0.2, 0.25) is 0 Å². The molecular formula is C19H18FN3O2S. The van der Waals surface area contributed by atoms with Gasteiger partial charge < -0.3 is 10.1 Å². The van der Waals surface area contributed by atoms with Crippen molar-refractivity contribution in [1.29, 1.82) is 0 Å². The Morgan fingerprint density at radius 2 is 1.88 bits per heavy atom. The number of ether oxygens (including phenoxy) is 1. The third-order valence-electron chi connectivity index (χ3n) is 3.10. The van der Waals surface area contributed by atoms with E-state index in [2.05, 4.69) is 22.7 Å². The van der Waals surface area contributed by atoms with Crippen molar-refractivity contribution in [2.45, 2.75) is 0 Å². The fourth-order valence-electron chi connectivity index (χ4n) is 1.88. The number of amides is 1. The third-order valence-corrected chi connectivity index (χ3v) is 3.30. The van der Waals surface area contributed by atoms with Gasteiger partial charge in [0.25, 0.3) is 5.91 Å². The normalized spacial score (nSPS) is 10.2. The van der Waals surface area contributed by atoms with E-state index in [0.717, 1.165) is 11.3 Å². The van der Waals surface area contributed by atoms with Crippen molar-refractivity contribution in [3.8, 4) is 5.75 Å². The number of carbonyl (C=O) groups excluding carboxylic acids is 1. The van der Waals surface area contributed by atoms with Crippen LogP contribution in [0.3, 0.4) is 0 Å². The number of para-hydroxylation sites is 1. The minimum Gasteiger partial charge on any atom is -0.490 e. The Bertz CT molecular complexity index is 807. The summed E-state index contributed by atoms with van der Waals surface area (Å²) in [6, 6.07) is 13.3. The van der Waals surface area contributed by atoms with Crippen molar-refractivity contribution in [3.63, 3.8) is 0 Å². The molecule has 0 saturated heterocycles. The van der Waals surface area contributed by atoms with Gasteiger partial charge >= 0.3 is 0 Å². The molecule has 0 heterocycles. The summed E-state index contributed by atoms with van der Waals surface area (Å²) in [6.45, 7) is 4.02. The predicted molar refractivity (Wildman–Crippen MR) is 105 cm³/mol. The van der Waals surface area contributed by atoms with Crippen LogP contribution in [0.5, 0.6) is 5.75 Å². The molecule has 0 saturated carbocycles. The Morgan fingerprint density at radius 1 is 1.15 bits per heavy atom. The number of hydrogen-bond donors (Lipinski definition) is 3. The SMILES string of the molecule is C=CCOc1ccc(/C=C/C(=O)NNC(=S)Nc2ccccc2F)cc1. The van der Waals surface area contributed by atoms with E-state index < -0.39 is 11.7 Å². The van der Waals surface area contributed by atoms with Crippen molar-refractivity contribution in [2.75, 3.05) is 11.9 Å². The van der Waals surface area contributed by atoms with E-state index in [1.165, 1.54) is 18.2 Å². The summed E-state index contributed by atoms with van der Waals surface area (Å²) in [5.74, 6) is -0.129. The minimum absolute atomic E-state index is 0.0700. The second-order valence-corrected chi connectivity index (χ2v) is 5.46. The average molecular weight is 371 g/mol. The predicted octanol–water partition coefficient (Wildman–Crippen LogP) is 3.42. The molecule has 5 nitrogen and oxygen atoms in total. The fraction of sp³-hybridized carbons (Fsp3) is 0.0526. The van der Waals surface area contributed by atoms with E-state index in [9.17, 15) is 9.18 Å². The van der Waals surface area contributed by atoms with Gasteiger partial charge in [-0.15, -0.1) is 0 Å². The maximum Gasteiger partial charge on any atom is 0.262 e. The molecule has 2 rings (SSSR count). The number of thiocarbonyl (C=S) groups is 1. The van der Waals surface area contributed by atoms with Crippen LogP contribution in [0.25, 0.3) is 6.08 Å². The smallest absolute Gasteiger partial charge is 0.262 e. The fourth-order valence-corrected chi connectivity index (χ4v) is 2.04. The van der Waals surface area contributed by atoms with E-state index in [1.54, 1.807) is 36.4 Å². The van der Waals surface area contributed by atoms with Gasteiger partial charge in [-0.1, -0.05) is 36.9 Å². The van der Waals surface area contributed by atoms with Crippen molar-refractivity contribution < 1.29 is 13.9 Å². The van der Waals surface area contributed by atoms with Crippen molar-refractivity contribution >= 4 is 35.0 Å². The molecular weight excluding hydrogens is 353 g/mol. The summed E-state index contributed by atoms with van der Waals surface area (Å²) in [5, 5.41) is 2.72. The van der Waals surface area contributed by atoms with Gasteiger partial charge in [0.15, 0.2) is 5.11 Å². The van der Waals surface area contributed by atoms with E-state index >= 15 is 0 Å². The van der Waals surface area contributed by atoms with E-state index in [-0.39, 0.29) is 10.8 Å². The van der Waals surface area contributed by atoms with Crippen LogP contribution in [-0.4, -0.2) is 17.6 Å². The van der Waals surface area contributed by atoms with Gasteiger partial charge in [0.2, 0.25) is 0 Å². The number of hydrazine groups is 1. The number of benzene rings is 2. The maximum atomic E-state index is 13.5. The van der Waals surface area contributed by atoms with Crippen LogP contribution in [0.4, 0.5) is 10.1 Å². The molecule has 1 amide bonds. The quantitative estimate of drug-likeness (QED) is 0.314. The molecule has 3 N–H and O–H groups in total. The molecule has 0 aliphatic heterocycles. The van der Waals surface area contributed by atoms with Crippen LogP contribution >= 0.6 is 12.2 Å². The molecule has 134 valence electrons. The van der Waals surface area contributed by atoms with E-state index in [1.807, 2.05) is 12.1 Å². The lowest BCUT2D eigenvalue weighted by molar-refractivity contribution is -0.116. The maximum absolute atomic E-state index is 13.5. The van der Waals surface area contributed by atoms with E-state index in [0.29, 0.717) is 6.61 Å². The highest BCUT2D eigenvalue weighted by molar-refractivity contribution is 7.80. The van der Waals surface area contributed by atoms with Gasteiger partial charge in [-0.2, -0.15) is 0 Å². The van der Waals surface area contributed by atoms with Gasteiger partial charge in [0.1, 0.15) is 18.2 Å².